The maximum atomic E-state index is 12.4. The number of rotatable bonds is 4. The highest BCUT2D eigenvalue weighted by molar-refractivity contribution is 5.85. The third-order valence-electron chi connectivity index (χ3n) is 4.73. The van der Waals surface area contributed by atoms with E-state index in [1.165, 1.54) is 16.8 Å². The summed E-state index contributed by atoms with van der Waals surface area (Å²) in [4.78, 5) is 27.5. The van der Waals surface area contributed by atoms with Gasteiger partial charge in [-0.05, 0) is 32.3 Å². The topological polar surface area (TPSA) is 143 Å². The number of nitro groups is 1. The first-order chi connectivity index (χ1) is 12.9. The number of nitrogens with two attached hydrogens (primary N) is 1. The van der Waals surface area contributed by atoms with Crippen LogP contribution in [0.5, 0.6) is 0 Å². The van der Waals surface area contributed by atoms with Crippen LogP contribution < -0.4 is 11.2 Å². The molecule has 28 heavy (non-hydrogen) atoms. The van der Waals surface area contributed by atoms with Crippen LogP contribution in [0.4, 0.5) is 5.69 Å². The van der Waals surface area contributed by atoms with Crippen molar-refractivity contribution in [3.05, 3.63) is 62.2 Å². The molecule has 0 radical (unpaired) electrons. The van der Waals surface area contributed by atoms with Crippen LogP contribution >= 0.6 is 12.4 Å². The summed E-state index contributed by atoms with van der Waals surface area (Å²) in [5.74, 6) is 0.279. The lowest BCUT2D eigenvalue weighted by Gasteiger charge is -2.34. The lowest BCUT2D eigenvalue weighted by molar-refractivity contribution is -0.384. The van der Waals surface area contributed by atoms with Crippen LogP contribution in [0.25, 0.3) is 17.3 Å². The molecule has 11 heteroatoms. The van der Waals surface area contributed by atoms with Crippen molar-refractivity contribution in [2.45, 2.75) is 31.7 Å². The predicted octanol–water partition coefficient (Wildman–Crippen LogP) is 2.26. The van der Waals surface area contributed by atoms with Crippen molar-refractivity contribution in [2.75, 3.05) is 0 Å². The predicted molar refractivity (Wildman–Crippen MR) is 101 cm³/mol. The fourth-order valence-electron chi connectivity index (χ4n) is 3.04. The molecule has 1 fully saturated rings. The van der Waals surface area contributed by atoms with Crippen LogP contribution in [-0.4, -0.2) is 24.8 Å². The molecule has 2 heterocycles. The standard InChI is InChI=1S/C17H16N6O4.ClH/c1-10-9-13(24)14(15-19-16(21-27-15)17(18)7-4-8-17)20-22(10)11-5-2-3-6-12(11)23(25)26;/h2-3,5-6,9H,4,7-8,18H2,1H3;1H. The Hall–Kier alpha value is -3.11. The molecule has 3 aromatic rings. The largest absolute Gasteiger partial charge is 0.332 e. The van der Waals surface area contributed by atoms with E-state index in [0.717, 1.165) is 19.3 Å². The van der Waals surface area contributed by atoms with Crippen molar-refractivity contribution < 1.29 is 9.45 Å². The van der Waals surface area contributed by atoms with Gasteiger partial charge in [0.15, 0.2) is 11.5 Å². The number of nitrogens with zero attached hydrogens (tertiary/aromatic N) is 5. The Bertz CT molecular complexity index is 1110. The van der Waals surface area contributed by atoms with Gasteiger partial charge in [-0.25, -0.2) is 4.68 Å². The molecule has 0 spiro atoms. The third-order valence-corrected chi connectivity index (χ3v) is 4.73. The van der Waals surface area contributed by atoms with E-state index in [0.29, 0.717) is 11.5 Å². The number of para-hydroxylation sites is 2. The zero-order valence-electron chi connectivity index (χ0n) is 14.9. The zero-order chi connectivity index (χ0) is 19.2. The number of nitro benzene ring substituents is 1. The number of halogens is 1. The summed E-state index contributed by atoms with van der Waals surface area (Å²) in [6.45, 7) is 1.64. The molecule has 1 saturated carbocycles. The van der Waals surface area contributed by atoms with Gasteiger partial charge in [-0.2, -0.15) is 10.1 Å². The molecule has 0 atom stereocenters. The Labute approximate surface area is 164 Å². The summed E-state index contributed by atoms with van der Waals surface area (Å²) in [5.41, 5.74) is 5.58. The molecule has 1 aliphatic carbocycles. The molecule has 146 valence electrons. The van der Waals surface area contributed by atoms with Gasteiger partial charge < -0.3 is 10.3 Å². The second-order valence-electron chi connectivity index (χ2n) is 6.59. The molecule has 0 aliphatic heterocycles. The minimum atomic E-state index is -0.635. The van der Waals surface area contributed by atoms with E-state index in [-0.39, 0.29) is 35.4 Å². The second kappa shape index (κ2) is 7.13. The average Bonchev–Trinajstić information content (AvgIpc) is 3.10. The van der Waals surface area contributed by atoms with Crippen molar-refractivity contribution in [3.8, 4) is 17.3 Å². The minimum Gasteiger partial charge on any atom is -0.332 e. The molecule has 0 unspecified atom stereocenters. The number of aromatic nitrogens is 4. The molecule has 4 rings (SSSR count). The van der Waals surface area contributed by atoms with Gasteiger partial charge in [-0.3, -0.25) is 14.9 Å². The summed E-state index contributed by atoms with van der Waals surface area (Å²) in [5, 5.41) is 19.5. The molecule has 0 saturated heterocycles. The first-order valence-electron chi connectivity index (χ1n) is 8.37. The van der Waals surface area contributed by atoms with Crippen LogP contribution in [0.15, 0.2) is 39.6 Å². The highest BCUT2D eigenvalue weighted by Crippen LogP contribution is 2.37. The van der Waals surface area contributed by atoms with Crippen LogP contribution in [0, 0.1) is 17.0 Å². The van der Waals surface area contributed by atoms with Crippen LogP contribution in [-0.2, 0) is 5.54 Å². The zero-order valence-corrected chi connectivity index (χ0v) is 15.7. The average molecular weight is 405 g/mol. The van der Waals surface area contributed by atoms with E-state index in [1.54, 1.807) is 25.1 Å². The Morgan fingerprint density at radius 2 is 2.04 bits per heavy atom. The Balaban J connectivity index is 0.00000225. The molecular weight excluding hydrogens is 388 g/mol. The molecule has 2 N–H and O–H groups in total. The maximum Gasteiger partial charge on any atom is 0.294 e. The van der Waals surface area contributed by atoms with Crippen molar-refractivity contribution in [1.82, 2.24) is 19.9 Å². The highest BCUT2D eigenvalue weighted by Gasteiger charge is 2.39. The minimum absolute atomic E-state index is 0. The summed E-state index contributed by atoms with van der Waals surface area (Å²) < 4.78 is 6.53. The van der Waals surface area contributed by atoms with Crippen LogP contribution in [0.3, 0.4) is 0 Å². The van der Waals surface area contributed by atoms with Crippen molar-refractivity contribution >= 4 is 18.1 Å². The fourth-order valence-corrected chi connectivity index (χ4v) is 3.04. The molecular formula is C17H17ClN6O4. The summed E-state index contributed by atoms with van der Waals surface area (Å²) in [6, 6.07) is 7.46. The molecule has 0 amide bonds. The van der Waals surface area contributed by atoms with E-state index in [9.17, 15) is 14.9 Å². The number of hydrogen-bond acceptors (Lipinski definition) is 8. The highest BCUT2D eigenvalue weighted by atomic mass is 35.5. The number of aryl methyl sites for hydroxylation is 1. The molecule has 10 nitrogen and oxygen atoms in total. The van der Waals surface area contributed by atoms with E-state index in [2.05, 4.69) is 15.2 Å². The third kappa shape index (κ3) is 3.16. The molecule has 1 aromatic carbocycles. The van der Waals surface area contributed by atoms with E-state index < -0.39 is 15.9 Å². The summed E-state index contributed by atoms with van der Waals surface area (Å²) >= 11 is 0. The monoisotopic (exact) mass is 404 g/mol. The van der Waals surface area contributed by atoms with Gasteiger partial charge in [0.2, 0.25) is 5.43 Å². The van der Waals surface area contributed by atoms with E-state index in [1.807, 2.05) is 0 Å². The quantitative estimate of drug-likeness (QED) is 0.515. The van der Waals surface area contributed by atoms with Crippen molar-refractivity contribution in [2.24, 2.45) is 5.73 Å². The summed E-state index contributed by atoms with van der Waals surface area (Å²) in [7, 11) is 0. The second-order valence-corrected chi connectivity index (χ2v) is 6.59. The smallest absolute Gasteiger partial charge is 0.294 e. The van der Waals surface area contributed by atoms with Gasteiger partial charge in [0.05, 0.1) is 10.5 Å². The van der Waals surface area contributed by atoms with E-state index in [4.69, 9.17) is 10.3 Å². The summed E-state index contributed by atoms with van der Waals surface area (Å²) in [6.07, 6.45) is 2.47. The maximum absolute atomic E-state index is 12.4. The normalized spacial score (nSPS) is 14.8. The van der Waals surface area contributed by atoms with Gasteiger partial charge in [-0.15, -0.1) is 12.4 Å². The van der Waals surface area contributed by atoms with E-state index >= 15 is 0 Å². The van der Waals surface area contributed by atoms with Gasteiger partial charge in [0.1, 0.15) is 5.69 Å². The van der Waals surface area contributed by atoms with Gasteiger partial charge >= 0.3 is 0 Å². The number of benzene rings is 1. The van der Waals surface area contributed by atoms with Gasteiger partial charge in [0, 0.05) is 17.8 Å². The van der Waals surface area contributed by atoms with Gasteiger partial charge in [-0.1, -0.05) is 17.3 Å². The number of hydrogen-bond donors (Lipinski definition) is 1. The van der Waals surface area contributed by atoms with Crippen molar-refractivity contribution in [1.29, 1.82) is 0 Å². The Morgan fingerprint density at radius 1 is 1.32 bits per heavy atom. The Morgan fingerprint density at radius 3 is 2.68 bits per heavy atom. The lowest BCUT2D eigenvalue weighted by atomic mass is 9.77. The molecule has 0 bridgehead atoms. The van der Waals surface area contributed by atoms with Crippen LogP contribution in [0.2, 0.25) is 0 Å². The molecule has 2 aromatic heterocycles. The first kappa shape index (κ1) is 19.6. The molecule has 1 aliphatic rings. The Kier molecular flexibility index (Phi) is 5.01. The van der Waals surface area contributed by atoms with Crippen molar-refractivity contribution in [3.63, 3.8) is 0 Å². The SMILES string of the molecule is Cc1cc(=O)c(-c2nc(C3(N)CCC3)no2)nn1-c1ccccc1[N+](=O)[O-].Cl. The van der Waals surface area contributed by atoms with Crippen LogP contribution in [0.1, 0.15) is 30.8 Å². The lowest BCUT2D eigenvalue weighted by Crippen LogP contribution is -2.44. The fraction of sp³-hybridized carbons (Fsp3) is 0.294. The van der Waals surface area contributed by atoms with Gasteiger partial charge in [0.25, 0.3) is 11.6 Å². The first-order valence-corrected chi connectivity index (χ1v) is 8.37.